The maximum atomic E-state index is 10.6. The van der Waals surface area contributed by atoms with Crippen molar-refractivity contribution in [2.24, 2.45) is 17.2 Å². The van der Waals surface area contributed by atoms with E-state index >= 15 is 0 Å². The van der Waals surface area contributed by atoms with Crippen molar-refractivity contribution < 1.29 is 4.79 Å². The van der Waals surface area contributed by atoms with E-state index in [-0.39, 0.29) is 11.0 Å². The first-order chi connectivity index (χ1) is 9.43. The number of carbonyl (C=O) groups is 1. The first-order valence-electron chi connectivity index (χ1n) is 6.07. The zero-order chi connectivity index (χ0) is 15.1. The van der Waals surface area contributed by atoms with Crippen LogP contribution in [0, 0.1) is 0 Å². The number of aldehydes is 1. The normalized spacial score (nSPS) is 11.0. The second-order valence-corrected chi connectivity index (χ2v) is 4.84. The molecular weight excluding hydrogens is 276 g/mol. The fourth-order valence-electron chi connectivity index (χ4n) is 1.72. The van der Waals surface area contributed by atoms with E-state index in [0.717, 1.165) is 18.3 Å². The zero-order valence-corrected chi connectivity index (χ0v) is 12.1. The van der Waals surface area contributed by atoms with Crippen LogP contribution in [-0.4, -0.2) is 24.8 Å². The molecular formula is C14H19ClN4O. The number of carbonyl (C=O) groups excluding carboxylic acids is 1. The molecule has 0 aliphatic carbocycles. The van der Waals surface area contributed by atoms with Gasteiger partial charge in [-0.1, -0.05) is 35.9 Å². The van der Waals surface area contributed by atoms with Crippen LogP contribution in [0.1, 0.15) is 15.9 Å². The van der Waals surface area contributed by atoms with Gasteiger partial charge in [0, 0.05) is 19.2 Å². The molecule has 0 bridgehead atoms. The first-order valence-corrected chi connectivity index (χ1v) is 6.45. The lowest BCUT2D eigenvalue weighted by Gasteiger charge is -2.21. The lowest BCUT2D eigenvalue weighted by molar-refractivity contribution is 0.112. The van der Waals surface area contributed by atoms with E-state index in [4.69, 9.17) is 28.8 Å². The molecule has 0 fully saturated rings. The third-order valence-corrected chi connectivity index (χ3v) is 2.94. The number of halogens is 1. The van der Waals surface area contributed by atoms with Crippen molar-refractivity contribution in [3.63, 3.8) is 0 Å². The summed E-state index contributed by atoms with van der Waals surface area (Å²) >= 11 is 5.65. The van der Waals surface area contributed by atoms with Crippen molar-refractivity contribution in [3.05, 3.63) is 58.1 Å². The Morgan fingerprint density at radius 2 is 1.85 bits per heavy atom. The van der Waals surface area contributed by atoms with E-state index in [2.05, 4.69) is 0 Å². The van der Waals surface area contributed by atoms with Gasteiger partial charge in [0.2, 0.25) is 0 Å². The fraction of sp³-hybridized carbons (Fsp3) is 0.214. The van der Waals surface area contributed by atoms with E-state index in [9.17, 15) is 4.79 Å². The highest BCUT2D eigenvalue weighted by Gasteiger charge is 2.06. The molecule has 1 rings (SSSR count). The molecule has 0 aliphatic rings. The molecule has 0 amide bonds. The topological polar surface area (TPSA) is 98.4 Å². The Kier molecular flexibility index (Phi) is 5.93. The number of nitrogens with two attached hydrogens (primary N) is 3. The van der Waals surface area contributed by atoms with Gasteiger partial charge in [0.1, 0.15) is 17.3 Å². The van der Waals surface area contributed by atoms with Crippen LogP contribution in [0.5, 0.6) is 0 Å². The Morgan fingerprint density at radius 3 is 2.30 bits per heavy atom. The number of nitrogens with zero attached hydrogens (tertiary/aromatic N) is 1. The molecule has 1 aromatic rings. The van der Waals surface area contributed by atoms with Gasteiger partial charge < -0.3 is 22.1 Å². The van der Waals surface area contributed by atoms with Gasteiger partial charge in [0.15, 0.2) is 0 Å². The summed E-state index contributed by atoms with van der Waals surface area (Å²) in [4.78, 5) is 12.5. The molecule has 0 aliphatic heterocycles. The summed E-state index contributed by atoms with van der Waals surface area (Å²) in [5.41, 5.74) is 19.0. The summed E-state index contributed by atoms with van der Waals surface area (Å²) in [5, 5.41) is 0.121. The average Bonchev–Trinajstić information content (AvgIpc) is 2.42. The molecule has 0 spiro atoms. The van der Waals surface area contributed by atoms with Crippen LogP contribution in [0.4, 0.5) is 0 Å². The summed E-state index contributed by atoms with van der Waals surface area (Å²) in [6.45, 7) is 0.689. The van der Waals surface area contributed by atoms with Gasteiger partial charge in [0.25, 0.3) is 0 Å². The quantitative estimate of drug-likeness (QED) is 0.414. The molecule has 108 valence electrons. The standard InChI is InChI=1S/C14H19ClN4O/c1-19(12(14(17)18)8-13(15)16)7-6-10-2-4-11(9-20)5-3-10/h2-5,8-9H,6-7,16-18H2,1H3/b13-8-. The van der Waals surface area contributed by atoms with Gasteiger partial charge in [-0.15, -0.1) is 0 Å². The Bertz CT molecular complexity index is 514. The highest BCUT2D eigenvalue weighted by atomic mass is 35.5. The molecule has 20 heavy (non-hydrogen) atoms. The fourth-order valence-corrected chi connectivity index (χ4v) is 1.83. The van der Waals surface area contributed by atoms with Crippen LogP contribution in [-0.2, 0) is 6.42 Å². The van der Waals surface area contributed by atoms with Gasteiger partial charge >= 0.3 is 0 Å². The lowest BCUT2D eigenvalue weighted by atomic mass is 10.1. The van der Waals surface area contributed by atoms with E-state index < -0.39 is 0 Å². The minimum atomic E-state index is 0.121. The Morgan fingerprint density at radius 1 is 1.25 bits per heavy atom. The highest BCUT2D eigenvalue weighted by molar-refractivity contribution is 6.29. The van der Waals surface area contributed by atoms with Crippen molar-refractivity contribution in [3.8, 4) is 0 Å². The summed E-state index contributed by atoms with van der Waals surface area (Å²) < 4.78 is 0. The Balaban J connectivity index is 2.70. The monoisotopic (exact) mass is 294 g/mol. The SMILES string of the molecule is CN(CCc1ccc(C=O)cc1)C(/C=C(\N)Cl)=C(N)N. The predicted octanol–water partition coefficient (Wildman–Crippen LogP) is 1.10. The van der Waals surface area contributed by atoms with Crippen LogP contribution in [0.3, 0.4) is 0 Å². The molecule has 6 heteroatoms. The van der Waals surface area contributed by atoms with E-state index in [1.165, 1.54) is 6.08 Å². The van der Waals surface area contributed by atoms with Crippen LogP contribution >= 0.6 is 11.6 Å². The number of hydrogen-bond acceptors (Lipinski definition) is 5. The van der Waals surface area contributed by atoms with Crippen LogP contribution in [0.2, 0.25) is 0 Å². The third-order valence-electron chi connectivity index (χ3n) is 2.83. The van der Waals surface area contributed by atoms with Gasteiger partial charge in [-0.05, 0) is 18.1 Å². The minimum absolute atomic E-state index is 0.121. The minimum Gasteiger partial charge on any atom is -0.389 e. The van der Waals surface area contributed by atoms with Crippen molar-refractivity contribution in [2.75, 3.05) is 13.6 Å². The molecule has 5 nitrogen and oxygen atoms in total. The van der Waals surface area contributed by atoms with Gasteiger partial charge in [-0.3, -0.25) is 4.79 Å². The van der Waals surface area contributed by atoms with Crippen molar-refractivity contribution >= 4 is 17.9 Å². The summed E-state index contributed by atoms with van der Waals surface area (Å²) in [6, 6.07) is 7.40. The van der Waals surface area contributed by atoms with Crippen LogP contribution in [0.15, 0.2) is 47.0 Å². The smallest absolute Gasteiger partial charge is 0.150 e. The summed E-state index contributed by atoms with van der Waals surface area (Å²) in [7, 11) is 1.85. The van der Waals surface area contributed by atoms with E-state index in [1.807, 2.05) is 24.1 Å². The van der Waals surface area contributed by atoms with Crippen molar-refractivity contribution in [1.29, 1.82) is 0 Å². The second kappa shape index (κ2) is 7.45. The van der Waals surface area contributed by atoms with Gasteiger partial charge in [-0.25, -0.2) is 0 Å². The molecule has 0 heterocycles. The van der Waals surface area contributed by atoms with Gasteiger partial charge in [-0.2, -0.15) is 0 Å². The molecule has 0 saturated carbocycles. The van der Waals surface area contributed by atoms with E-state index in [0.29, 0.717) is 17.8 Å². The van der Waals surface area contributed by atoms with Crippen LogP contribution in [0.25, 0.3) is 0 Å². The van der Waals surface area contributed by atoms with Crippen LogP contribution < -0.4 is 17.2 Å². The number of likely N-dealkylation sites (N-methyl/N-ethyl adjacent to an activating group) is 1. The average molecular weight is 295 g/mol. The maximum Gasteiger partial charge on any atom is 0.150 e. The molecule has 0 aromatic heterocycles. The Labute approximate surface area is 123 Å². The molecule has 0 radical (unpaired) electrons. The number of allylic oxidation sites excluding steroid dienone is 1. The Hall–Kier alpha value is -2.14. The molecule has 0 saturated heterocycles. The summed E-state index contributed by atoms with van der Waals surface area (Å²) in [6.07, 6.45) is 3.12. The molecule has 1 aromatic carbocycles. The number of hydrogen-bond donors (Lipinski definition) is 3. The lowest BCUT2D eigenvalue weighted by Crippen LogP contribution is -2.26. The third kappa shape index (κ3) is 4.85. The van der Waals surface area contributed by atoms with E-state index in [1.54, 1.807) is 12.1 Å². The second-order valence-electron chi connectivity index (χ2n) is 4.40. The molecule has 6 N–H and O–H groups in total. The maximum absolute atomic E-state index is 10.6. The molecule has 0 unspecified atom stereocenters. The number of rotatable bonds is 6. The zero-order valence-electron chi connectivity index (χ0n) is 11.3. The largest absolute Gasteiger partial charge is 0.389 e. The van der Waals surface area contributed by atoms with Crippen molar-refractivity contribution in [1.82, 2.24) is 4.90 Å². The molecule has 0 atom stereocenters. The predicted molar refractivity (Wildman–Crippen MR) is 81.7 cm³/mol. The first kappa shape index (κ1) is 15.9. The highest BCUT2D eigenvalue weighted by Crippen LogP contribution is 2.10. The number of benzene rings is 1. The van der Waals surface area contributed by atoms with Gasteiger partial charge in [0.05, 0.1) is 5.70 Å². The van der Waals surface area contributed by atoms with Crippen molar-refractivity contribution in [2.45, 2.75) is 6.42 Å². The summed E-state index contributed by atoms with van der Waals surface area (Å²) in [5.74, 6) is 0.160.